The van der Waals surface area contributed by atoms with E-state index in [9.17, 15) is 0 Å². The number of rotatable bonds is 7. The molecule has 0 radical (unpaired) electrons. The number of ether oxygens (including phenoxy) is 1. The first-order valence-corrected chi connectivity index (χ1v) is 7.30. The first kappa shape index (κ1) is 15.2. The number of hydrogen-bond donors (Lipinski definition) is 1. The van der Waals surface area contributed by atoms with E-state index in [-0.39, 0.29) is 6.61 Å². The molecule has 18 heavy (non-hydrogen) atoms. The van der Waals surface area contributed by atoms with Gasteiger partial charge in [-0.1, -0.05) is 25.7 Å². The molecule has 0 fully saturated rings. The van der Waals surface area contributed by atoms with Crippen molar-refractivity contribution in [1.82, 2.24) is 0 Å². The van der Waals surface area contributed by atoms with Gasteiger partial charge in [-0.3, -0.25) is 0 Å². The average molecular weight is 266 g/mol. The van der Waals surface area contributed by atoms with Gasteiger partial charge >= 0.3 is 0 Å². The molecule has 1 aromatic heterocycles. The molecule has 0 aliphatic heterocycles. The molecule has 1 N–H and O–H groups in total. The van der Waals surface area contributed by atoms with E-state index in [0.29, 0.717) is 13.0 Å². The Morgan fingerprint density at radius 2 is 2.22 bits per heavy atom. The summed E-state index contributed by atoms with van der Waals surface area (Å²) in [6.07, 6.45) is 2.90. The zero-order valence-electron chi connectivity index (χ0n) is 11.2. The largest absolute Gasteiger partial charge is 0.395 e. The van der Waals surface area contributed by atoms with Crippen LogP contribution >= 0.6 is 11.3 Å². The van der Waals surface area contributed by atoms with Gasteiger partial charge in [0.05, 0.1) is 18.1 Å². The van der Waals surface area contributed by atoms with E-state index in [0.717, 1.165) is 23.8 Å². The monoisotopic (exact) mass is 266 g/mol. The van der Waals surface area contributed by atoms with Crippen LogP contribution in [0.5, 0.6) is 0 Å². The highest BCUT2D eigenvalue weighted by molar-refractivity contribution is 7.12. The smallest absolute Gasteiger partial charge is 0.0809 e. The highest BCUT2D eigenvalue weighted by Gasteiger charge is 1.99. The third-order valence-corrected chi connectivity index (χ3v) is 3.40. The first-order chi connectivity index (χ1) is 8.72. The summed E-state index contributed by atoms with van der Waals surface area (Å²) in [4.78, 5) is 2.26. The second kappa shape index (κ2) is 9.16. The molecule has 0 atom stereocenters. The number of thiophene rings is 1. The summed E-state index contributed by atoms with van der Waals surface area (Å²) < 4.78 is 5.63. The quantitative estimate of drug-likeness (QED) is 0.605. The first-order valence-electron chi connectivity index (χ1n) is 6.48. The minimum absolute atomic E-state index is 0.129. The fraction of sp³-hybridized carbons (Fsp3) is 0.600. The van der Waals surface area contributed by atoms with Crippen LogP contribution in [0.3, 0.4) is 0 Å². The predicted molar refractivity (Wildman–Crippen MR) is 76.6 cm³/mol. The van der Waals surface area contributed by atoms with Crippen LogP contribution in [0, 0.1) is 17.8 Å². The van der Waals surface area contributed by atoms with Gasteiger partial charge in [-0.15, -0.1) is 11.3 Å². The Hall–Kier alpha value is -0.820. The van der Waals surface area contributed by atoms with Gasteiger partial charge in [0, 0.05) is 17.9 Å². The summed E-state index contributed by atoms with van der Waals surface area (Å²) in [6.45, 7) is 6.11. The van der Waals surface area contributed by atoms with Crippen molar-refractivity contribution >= 4 is 11.3 Å². The summed E-state index contributed by atoms with van der Waals surface area (Å²) in [5.74, 6) is 6.71. The van der Waals surface area contributed by atoms with E-state index in [1.54, 1.807) is 11.3 Å². The lowest BCUT2D eigenvalue weighted by molar-refractivity contribution is 0.117. The summed E-state index contributed by atoms with van der Waals surface area (Å²) in [6, 6.07) is 4.08. The minimum Gasteiger partial charge on any atom is -0.395 e. The lowest BCUT2D eigenvalue weighted by Crippen LogP contribution is -1.96. The Labute approximate surface area is 114 Å². The molecule has 100 valence electrons. The molecule has 3 heteroatoms. The topological polar surface area (TPSA) is 29.5 Å². The molecule has 0 aliphatic rings. The Morgan fingerprint density at radius 3 is 2.94 bits per heavy atom. The third kappa shape index (κ3) is 6.80. The van der Waals surface area contributed by atoms with Crippen molar-refractivity contribution in [3.8, 4) is 11.8 Å². The van der Waals surface area contributed by atoms with Gasteiger partial charge in [-0.2, -0.15) is 0 Å². The molecule has 0 spiro atoms. The minimum atomic E-state index is 0.129. The Morgan fingerprint density at radius 1 is 1.39 bits per heavy atom. The zero-order valence-corrected chi connectivity index (χ0v) is 12.1. The molecule has 0 saturated carbocycles. The van der Waals surface area contributed by atoms with Crippen molar-refractivity contribution in [1.29, 1.82) is 0 Å². The van der Waals surface area contributed by atoms with Crippen molar-refractivity contribution in [2.24, 2.45) is 5.92 Å². The lowest BCUT2D eigenvalue weighted by Gasteiger charge is -2.04. The molecule has 1 rings (SSSR count). The SMILES string of the molecule is CC(C)CCCOCc1ccc(C#CCCO)s1. The second-order valence-electron chi connectivity index (χ2n) is 4.63. The average Bonchev–Trinajstić information content (AvgIpc) is 2.77. The normalized spacial score (nSPS) is 10.4. The Kier molecular flexibility index (Phi) is 7.75. The molecule has 0 amide bonds. The van der Waals surface area contributed by atoms with Crippen molar-refractivity contribution in [3.05, 3.63) is 21.9 Å². The molecular weight excluding hydrogens is 244 g/mol. The van der Waals surface area contributed by atoms with Crippen LogP contribution in [0.1, 0.15) is 42.9 Å². The van der Waals surface area contributed by atoms with Crippen LogP contribution in [-0.2, 0) is 11.3 Å². The van der Waals surface area contributed by atoms with Crippen molar-refractivity contribution in [2.75, 3.05) is 13.2 Å². The highest BCUT2D eigenvalue weighted by Crippen LogP contribution is 2.16. The number of aliphatic hydroxyl groups excluding tert-OH is 1. The fourth-order valence-electron chi connectivity index (χ4n) is 1.49. The van der Waals surface area contributed by atoms with E-state index in [1.807, 2.05) is 6.07 Å². The Bertz CT molecular complexity index is 385. The summed E-state index contributed by atoms with van der Waals surface area (Å²) >= 11 is 1.67. The summed E-state index contributed by atoms with van der Waals surface area (Å²) in [7, 11) is 0. The maximum Gasteiger partial charge on any atom is 0.0809 e. The van der Waals surface area contributed by atoms with Gasteiger partial charge in [-0.25, -0.2) is 0 Å². The van der Waals surface area contributed by atoms with E-state index >= 15 is 0 Å². The fourth-order valence-corrected chi connectivity index (χ4v) is 2.31. The number of hydrogen-bond acceptors (Lipinski definition) is 3. The molecule has 0 aromatic carbocycles. The van der Waals surface area contributed by atoms with Crippen LogP contribution in [-0.4, -0.2) is 18.3 Å². The van der Waals surface area contributed by atoms with Gasteiger partial charge in [0.25, 0.3) is 0 Å². The number of aliphatic hydroxyl groups is 1. The maximum atomic E-state index is 8.64. The lowest BCUT2D eigenvalue weighted by atomic mass is 10.1. The molecule has 1 aromatic rings. The molecule has 0 aliphatic carbocycles. The highest BCUT2D eigenvalue weighted by atomic mass is 32.1. The van der Waals surface area contributed by atoms with Crippen molar-refractivity contribution < 1.29 is 9.84 Å². The Balaban J connectivity index is 2.21. The van der Waals surface area contributed by atoms with Crippen molar-refractivity contribution in [3.63, 3.8) is 0 Å². The van der Waals surface area contributed by atoms with E-state index < -0.39 is 0 Å². The van der Waals surface area contributed by atoms with Gasteiger partial charge < -0.3 is 9.84 Å². The van der Waals surface area contributed by atoms with Gasteiger partial charge in [-0.05, 0) is 30.9 Å². The van der Waals surface area contributed by atoms with Crippen LogP contribution in [0.2, 0.25) is 0 Å². The van der Waals surface area contributed by atoms with Gasteiger partial charge in [0.15, 0.2) is 0 Å². The maximum absolute atomic E-state index is 8.64. The van der Waals surface area contributed by atoms with Gasteiger partial charge in [0.1, 0.15) is 0 Å². The molecular formula is C15H22O2S. The summed E-state index contributed by atoms with van der Waals surface area (Å²) in [5.41, 5.74) is 0. The molecule has 2 nitrogen and oxygen atoms in total. The van der Waals surface area contributed by atoms with E-state index in [1.165, 1.54) is 11.3 Å². The van der Waals surface area contributed by atoms with Gasteiger partial charge in [0.2, 0.25) is 0 Å². The van der Waals surface area contributed by atoms with Crippen LogP contribution < -0.4 is 0 Å². The molecule has 0 unspecified atom stereocenters. The second-order valence-corrected chi connectivity index (χ2v) is 5.80. The van der Waals surface area contributed by atoms with Crippen molar-refractivity contribution in [2.45, 2.75) is 39.7 Å². The van der Waals surface area contributed by atoms with E-state index in [4.69, 9.17) is 9.84 Å². The third-order valence-electron chi connectivity index (χ3n) is 2.42. The van der Waals surface area contributed by atoms with Crippen LogP contribution in [0.4, 0.5) is 0 Å². The standard InChI is InChI=1S/C15H22O2S/c1-13(2)6-5-11-17-12-15-9-8-14(18-15)7-3-4-10-16/h8-9,13,16H,4-6,10-12H2,1-2H3. The molecule has 1 heterocycles. The molecule has 0 saturated heterocycles. The van der Waals surface area contributed by atoms with Crippen LogP contribution in [0.15, 0.2) is 12.1 Å². The summed E-state index contributed by atoms with van der Waals surface area (Å²) in [5, 5.41) is 8.64. The van der Waals surface area contributed by atoms with E-state index in [2.05, 4.69) is 31.8 Å². The zero-order chi connectivity index (χ0) is 13.2. The predicted octanol–water partition coefficient (Wildman–Crippen LogP) is 3.43. The molecule has 0 bridgehead atoms. The van der Waals surface area contributed by atoms with Crippen LogP contribution in [0.25, 0.3) is 0 Å².